The molecule has 0 heterocycles. The van der Waals surface area contributed by atoms with Crippen LogP contribution in [0.4, 0.5) is 4.39 Å². The van der Waals surface area contributed by atoms with E-state index in [4.69, 9.17) is 23.2 Å². The maximum Gasteiger partial charge on any atom is 0.253 e. The van der Waals surface area contributed by atoms with E-state index in [2.05, 4.69) is 0 Å². The van der Waals surface area contributed by atoms with Gasteiger partial charge in [-0.2, -0.15) is 4.31 Å². The Bertz CT molecular complexity index is 1580. The van der Waals surface area contributed by atoms with Crippen molar-refractivity contribution in [2.24, 2.45) is 0 Å². The second kappa shape index (κ2) is 12.8. The predicted octanol–water partition coefficient (Wildman–Crippen LogP) is 6.54. The van der Waals surface area contributed by atoms with Gasteiger partial charge in [0.1, 0.15) is 10.7 Å². The minimum Gasteiger partial charge on any atom is -0.505 e. The van der Waals surface area contributed by atoms with Gasteiger partial charge < -0.3 is 10.0 Å². The Morgan fingerprint density at radius 1 is 0.850 bits per heavy atom. The number of amides is 1. The lowest BCUT2D eigenvalue weighted by atomic mass is 10.1. The molecule has 1 N–H and O–H groups in total. The first-order valence-corrected chi connectivity index (χ1v) is 14.5. The van der Waals surface area contributed by atoms with E-state index < -0.39 is 26.5 Å². The normalized spacial score (nSPS) is 11.5. The van der Waals surface area contributed by atoms with Crippen molar-refractivity contribution in [1.29, 1.82) is 0 Å². The Morgan fingerprint density at radius 2 is 1.43 bits per heavy atom. The monoisotopic (exact) mass is 600 g/mol. The number of carbonyl (C=O) groups excluding carboxylic acids is 1. The molecule has 40 heavy (non-hydrogen) atoms. The van der Waals surface area contributed by atoms with Crippen molar-refractivity contribution in [1.82, 2.24) is 9.21 Å². The van der Waals surface area contributed by atoms with Crippen LogP contribution in [0.15, 0.2) is 95.9 Å². The number of likely N-dealkylation sites (N-methyl/N-ethyl adjacent to an activating group) is 1. The molecule has 4 rings (SSSR count). The molecule has 0 aromatic heterocycles. The minimum atomic E-state index is -4.31. The second-order valence-corrected chi connectivity index (χ2v) is 12.0. The maximum atomic E-state index is 13.7. The van der Waals surface area contributed by atoms with E-state index in [1.54, 1.807) is 36.2 Å². The van der Waals surface area contributed by atoms with Crippen molar-refractivity contribution in [3.63, 3.8) is 0 Å². The van der Waals surface area contributed by atoms with E-state index in [1.807, 2.05) is 30.3 Å². The van der Waals surface area contributed by atoms with Gasteiger partial charge in [0.25, 0.3) is 5.91 Å². The highest BCUT2D eigenvalue weighted by Gasteiger charge is 2.29. The first-order valence-electron chi connectivity index (χ1n) is 12.4. The zero-order valence-corrected chi connectivity index (χ0v) is 23.9. The number of benzene rings is 4. The Labute approximate surface area is 243 Å². The van der Waals surface area contributed by atoms with Crippen LogP contribution in [-0.2, 0) is 29.5 Å². The van der Waals surface area contributed by atoms with Gasteiger partial charge in [-0.05, 0) is 59.5 Å². The zero-order chi connectivity index (χ0) is 28.9. The van der Waals surface area contributed by atoms with Crippen LogP contribution in [0.3, 0.4) is 0 Å². The summed E-state index contributed by atoms with van der Waals surface area (Å²) in [6.07, 6.45) is 0.720. The summed E-state index contributed by atoms with van der Waals surface area (Å²) < 4.78 is 42.0. The van der Waals surface area contributed by atoms with Gasteiger partial charge in [-0.15, -0.1) is 0 Å². The molecule has 0 saturated carbocycles. The number of phenolic OH excluding ortho intramolecular Hbond substituents is 1. The molecule has 0 aliphatic rings. The lowest BCUT2D eigenvalue weighted by molar-refractivity contribution is 0.0796. The number of phenols is 1. The number of nitrogens with zero attached hydrogens (tertiary/aromatic N) is 2. The number of carbonyl (C=O) groups is 1. The molecule has 0 saturated heterocycles. The van der Waals surface area contributed by atoms with Gasteiger partial charge in [0.05, 0.1) is 5.02 Å². The molecule has 208 valence electrons. The lowest BCUT2D eigenvalue weighted by Crippen LogP contribution is -2.31. The van der Waals surface area contributed by atoms with Crippen molar-refractivity contribution in [3.05, 3.63) is 129 Å². The van der Waals surface area contributed by atoms with Gasteiger partial charge in [-0.3, -0.25) is 4.79 Å². The molecule has 6 nitrogen and oxygen atoms in total. The fourth-order valence-corrected chi connectivity index (χ4v) is 6.28. The van der Waals surface area contributed by atoms with Crippen molar-refractivity contribution < 1.29 is 22.7 Å². The van der Waals surface area contributed by atoms with E-state index in [0.29, 0.717) is 23.2 Å². The first-order chi connectivity index (χ1) is 19.0. The van der Waals surface area contributed by atoms with E-state index in [-0.39, 0.29) is 29.0 Å². The Hall–Kier alpha value is -3.43. The molecule has 0 aliphatic heterocycles. The fourth-order valence-electron chi connectivity index (χ4n) is 4.12. The average molecular weight is 602 g/mol. The number of hydrogen-bond acceptors (Lipinski definition) is 4. The maximum absolute atomic E-state index is 13.7. The highest BCUT2D eigenvalue weighted by Crippen LogP contribution is 2.36. The van der Waals surface area contributed by atoms with E-state index in [1.165, 1.54) is 30.3 Å². The zero-order valence-electron chi connectivity index (χ0n) is 21.6. The highest BCUT2D eigenvalue weighted by molar-refractivity contribution is 7.89. The molecule has 0 atom stereocenters. The van der Waals surface area contributed by atoms with Crippen LogP contribution in [0.1, 0.15) is 27.0 Å². The molecule has 0 spiro atoms. The minimum absolute atomic E-state index is 0.0438. The molecule has 0 unspecified atom stereocenters. The molecular formula is C30H27Cl2FN2O4S. The molecule has 0 aliphatic carbocycles. The number of hydrogen-bond donors (Lipinski definition) is 1. The molecule has 4 aromatic carbocycles. The van der Waals surface area contributed by atoms with Crippen LogP contribution >= 0.6 is 23.2 Å². The average Bonchev–Trinajstić information content (AvgIpc) is 2.95. The molecule has 10 heteroatoms. The summed E-state index contributed by atoms with van der Waals surface area (Å²) in [4.78, 5) is 14.1. The number of rotatable bonds is 10. The Balaban J connectivity index is 1.56. The molecule has 4 aromatic rings. The molecule has 0 fully saturated rings. The van der Waals surface area contributed by atoms with Crippen LogP contribution in [0, 0.1) is 5.82 Å². The van der Waals surface area contributed by atoms with Crippen LogP contribution < -0.4 is 0 Å². The van der Waals surface area contributed by atoms with E-state index in [0.717, 1.165) is 22.4 Å². The highest BCUT2D eigenvalue weighted by atomic mass is 35.5. The third-order valence-electron chi connectivity index (χ3n) is 6.37. The van der Waals surface area contributed by atoms with Gasteiger partial charge in [0.15, 0.2) is 5.75 Å². The molecule has 0 bridgehead atoms. The van der Waals surface area contributed by atoms with Crippen LogP contribution in [0.2, 0.25) is 10.0 Å². The van der Waals surface area contributed by atoms with Gasteiger partial charge in [-0.25, -0.2) is 12.8 Å². The predicted molar refractivity (Wildman–Crippen MR) is 155 cm³/mol. The summed E-state index contributed by atoms with van der Waals surface area (Å²) in [5.41, 5.74) is 2.73. The molecule has 0 radical (unpaired) electrons. The van der Waals surface area contributed by atoms with Crippen molar-refractivity contribution in [2.45, 2.75) is 24.4 Å². The summed E-state index contributed by atoms with van der Waals surface area (Å²) in [6, 6.07) is 24.3. The molecular weight excluding hydrogens is 574 g/mol. The summed E-state index contributed by atoms with van der Waals surface area (Å²) in [5.74, 6) is -1.22. The van der Waals surface area contributed by atoms with Gasteiger partial charge in [0.2, 0.25) is 10.0 Å². The van der Waals surface area contributed by atoms with Gasteiger partial charge in [-0.1, -0.05) is 77.8 Å². The quantitative estimate of drug-likeness (QED) is 0.224. The third-order valence-corrected chi connectivity index (χ3v) is 8.68. The van der Waals surface area contributed by atoms with E-state index in [9.17, 15) is 22.7 Å². The number of sulfonamides is 1. The summed E-state index contributed by atoms with van der Waals surface area (Å²) in [6.45, 7) is 0.330. The van der Waals surface area contributed by atoms with Crippen LogP contribution in [0.25, 0.3) is 0 Å². The summed E-state index contributed by atoms with van der Waals surface area (Å²) in [5, 5.41) is 10.3. The Morgan fingerprint density at radius 3 is 2.02 bits per heavy atom. The van der Waals surface area contributed by atoms with Crippen molar-refractivity contribution >= 4 is 39.1 Å². The van der Waals surface area contributed by atoms with Crippen LogP contribution in [0.5, 0.6) is 5.75 Å². The fraction of sp³-hybridized carbons (Fsp3) is 0.167. The van der Waals surface area contributed by atoms with Crippen LogP contribution in [-0.4, -0.2) is 42.2 Å². The number of halogens is 3. The third kappa shape index (κ3) is 7.20. The van der Waals surface area contributed by atoms with Crippen molar-refractivity contribution in [2.75, 3.05) is 13.6 Å². The largest absolute Gasteiger partial charge is 0.505 e. The van der Waals surface area contributed by atoms with Gasteiger partial charge in [0, 0.05) is 37.3 Å². The molecule has 1 amide bonds. The summed E-state index contributed by atoms with van der Waals surface area (Å²) in [7, 11) is -2.58. The van der Waals surface area contributed by atoms with Gasteiger partial charge >= 0.3 is 0 Å². The number of aromatic hydroxyl groups is 1. The van der Waals surface area contributed by atoms with E-state index >= 15 is 0 Å². The second-order valence-electron chi connectivity index (χ2n) is 9.29. The SMILES string of the molecule is CN(CCc1ccccc1)C(=O)c1ccc(CN(Cc2ccc(F)cc2)S(=O)(=O)c2cc(Cl)cc(Cl)c2O)cc1. The topological polar surface area (TPSA) is 77.9 Å². The standard InChI is InChI=1S/C30H27Cl2FN2O4S/c1-34(16-15-21-5-3-2-4-6-21)30(37)24-11-7-22(8-12-24)19-35(20-23-9-13-26(33)14-10-23)40(38,39)28-18-25(31)17-27(32)29(28)36/h2-14,17-18,36H,15-16,19-20H2,1H3. The lowest BCUT2D eigenvalue weighted by Gasteiger charge is -2.24. The smallest absolute Gasteiger partial charge is 0.253 e. The first kappa shape index (κ1) is 29.6. The summed E-state index contributed by atoms with van der Waals surface area (Å²) >= 11 is 12.0. The Kier molecular flexibility index (Phi) is 9.48. The van der Waals surface area contributed by atoms with Crippen molar-refractivity contribution in [3.8, 4) is 5.75 Å².